The molecule has 122 valence electrons. The standard InChI is InChI=1S/C17H16FN5O/c18-13-8-4-7-12(10-24)14(13)15-21-16(19)23-17(22-15)20-9-11-5-2-1-3-6-11/h1-8,24H,9-10H2,(H3,19,20,21,22,23). The van der Waals surface area contributed by atoms with Crippen LogP contribution in [0.3, 0.4) is 0 Å². The van der Waals surface area contributed by atoms with Crippen molar-refractivity contribution in [2.45, 2.75) is 13.2 Å². The third-order valence-corrected chi connectivity index (χ3v) is 3.44. The summed E-state index contributed by atoms with van der Waals surface area (Å²) in [5.41, 5.74) is 7.27. The Morgan fingerprint density at radius 1 is 1.00 bits per heavy atom. The van der Waals surface area contributed by atoms with Gasteiger partial charge in [0.15, 0.2) is 5.82 Å². The van der Waals surface area contributed by atoms with Crippen LogP contribution in [0.2, 0.25) is 0 Å². The number of nitrogens with one attached hydrogen (secondary N) is 1. The van der Waals surface area contributed by atoms with Gasteiger partial charge in [-0.05, 0) is 17.2 Å². The number of aromatic nitrogens is 3. The van der Waals surface area contributed by atoms with E-state index in [-0.39, 0.29) is 29.9 Å². The molecule has 0 bridgehead atoms. The average molecular weight is 325 g/mol. The van der Waals surface area contributed by atoms with Crippen molar-refractivity contribution < 1.29 is 9.50 Å². The van der Waals surface area contributed by atoms with Crippen LogP contribution in [0.25, 0.3) is 11.4 Å². The van der Waals surface area contributed by atoms with Gasteiger partial charge in [-0.3, -0.25) is 0 Å². The van der Waals surface area contributed by atoms with Crippen LogP contribution in [0.5, 0.6) is 0 Å². The van der Waals surface area contributed by atoms with Crippen molar-refractivity contribution >= 4 is 11.9 Å². The van der Waals surface area contributed by atoms with Crippen molar-refractivity contribution in [1.29, 1.82) is 0 Å². The van der Waals surface area contributed by atoms with Gasteiger partial charge >= 0.3 is 0 Å². The van der Waals surface area contributed by atoms with E-state index in [0.717, 1.165) is 5.56 Å². The van der Waals surface area contributed by atoms with Crippen LogP contribution in [-0.2, 0) is 13.2 Å². The Bertz CT molecular complexity index is 842. The van der Waals surface area contributed by atoms with E-state index in [2.05, 4.69) is 20.3 Å². The molecular weight excluding hydrogens is 309 g/mol. The number of hydrogen-bond donors (Lipinski definition) is 3. The number of nitrogens with zero attached hydrogens (tertiary/aromatic N) is 3. The summed E-state index contributed by atoms with van der Waals surface area (Å²) in [5.74, 6) is -0.224. The highest BCUT2D eigenvalue weighted by Gasteiger charge is 2.15. The molecule has 2 aromatic carbocycles. The molecule has 4 N–H and O–H groups in total. The maximum absolute atomic E-state index is 14.2. The second kappa shape index (κ2) is 7.01. The summed E-state index contributed by atoms with van der Waals surface area (Å²) in [7, 11) is 0. The van der Waals surface area contributed by atoms with E-state index in [1.54, 1.807) is 6.07 Å². The van der Waals surface area contributed by atoms with Crippen molar-refractivity contribution in [3.63, 3.8) is 0 Å². The third-order valence-electron chi connectivity index (χ3n) is 3.44. The Hall–Kier alpha value is -3.06. The van der Waals surface area contributed by atoms with E-state index < -0.39 is 5.82 Å². The Balaban J connectivity index is 1.92. The normalized spacial score (nSPS) is 10.6. The van der Waals surface area contributed by atoms with Gasteiger partial charge in [0, 0.05) is 6.54 Å². The fourth-order valence-electron chi connectivity index (χ4n) is 2.31. The highest BCUT2D eigenvalue weighted by Crippen LogP contribution is 2.25. The van der Waals surface area contributed by atoms with Crippen molar-refractivity contribution in [1.82, 2.24) is 15.0 Å². The lowest BCUT2D eigenvalue weighted by atomic mass is 10.1. The predicted molar refractivity (Wildman–Crippen MR) is 89.3 cm³/mol. The van der Waals surface area contributed by atoms with Gasteiger partial charge in [0.1, 0.15) is 5.82 Å². The summed E-state index contributed by atoms with van der Waals surface area (Å²) in [6.07, 6.45) is 0. The Labute approximate surface area is 138 Å². The molecule has 6 nitrogen and oxygen atoms in total. The molecule has 0 saturated carbocycles. The van der Waals surface area contributed by atoms with Gasteiger partial charge in [0.05, 0.1) is 12.2 Å². The van der Waals surface area contributed by atoms with Gasteiger partial charge in [-0.2, -0.15) is 15.0 Å². The van der Waals surface area contributed by atoms with Crippen LogP contribution < -0.4 is 11.1 Å². The monoisotopic (exact) mass is 325 g/mol. The van der Waals surface area contributed by atoms with Crippen LogP contribution in [-0.4, -0.2) is 20.1 Å². The number of halogens is 1. The van der Waals surface area contributed by atoms with E-state index in [4.69, 9.17) is 5.73 Å². The highest BCUT2D eigenvalue weighted by atomic mass is 19.1. The zero-order valence-electron chi connectivity index (χ0n) is 12.8. The fourth-order valence-corrected chi connectivity index (χ4v) is 2.31. The molecule has 1 heterocycles. The summed E-state index contributed by atoms with van der Waals surface area (Å²) in [6.45, 7) is 0.166. The molecule has 24 heavy (non-hydrogen) atoms. The summed E-state index contributed by atoms with van der Waals surface area (Å²) in [5, 5.41) is 12.5. The lowest BCUT2D eigenvalue weighted by Crippen LogP contribution is -2.09. The van der Waals surface area contributed by atoms with Crippen LogP contribution in [0.15, 0.2) is 48.5 Å². The van der Waals surface area contributed by atoms with Crippen LogP contribution in [0.4, 0.5) is 16.3 Å². The van der Waals surface area contributed by atoms with Gasteiger partial charge < -0.3 is 16.2 Å². The molecule has 3 aromatic rings. The molecular formula is C17H16FN5O. The van der Waals surface area contributed by atoms with Crippen molar-refractivity contribution in [3.05, 3.63) is 65.5 Å². The molecule has 0 aliphatic heterocycles. The number of benzene rings is 2. The first-order valence-corrected chi connectivity index (χ1v) is 7.35. The first-order valence-electron chi connectivity index (χ1n) is 7.35. The molecule has 7 heteroatoms. The molecule has 0 atom stereocenters. The van der Waals surface area contributed by atoms with Crippen LogP contribution in [0.1, 0.15) is 11.1 Å². The SMILES string of the molecule is Nc1nc(NCc2ccccc2)nc(-c2c(F)cccc2CO)n1. The van der Waals surface area contributed by atoms with Crippen molar-refractivity contribution in [2.75, 3.05) is 11.1 Å². The molecule has 0 aliphatic carbocycles. The second-order valence-electron chi connectivity index (χ2n) is 5.11. The summed E-state index contributed by atoms with van der Waals surface area (Å²) in [4.78, 5) is 12.2. The number of anilines is 2. The number of aliphatic hydroxyl groups is 1. The molecule has 1 aromatic heterocycles. The minimum Gasteiger partial charge on any atom is -0.392 e. The van der Waals surface area contributed by atoms with Gasteiger partial charge in [-0.15, -0.1) is 0 Å². The quantitative estimate of drug-likeness (QED) is 0.666. The van der Waals surface area contributed by atoms with E-state index in [0.29, 0.717) is 12.1 Å². The molecule has 0 fully saturated rings. The Morgan fingerprint density at radius 2 is 1.79 bits per heavy atom. The minimum absolute atomic E-state index is 0.0253. The zero-order chi connectivity index (χ0) is 16.9. The molecule has 0 amide bonds. The summed E-state index contributed by atoms with van der Waals surface area (Å²) in [6, 6.07) is 14.1. The van der Waals surface area contributed by atoms with E-state index in [9.17, 15) is 9.50 Å². The molecule has 0 radical (unpaired) electrons. The first-order chi connectivity index (χ1) is 11.7. The zero-order valence-corrected chi connectivity index (χ0v) is 12.8. The highest BCUT2D eigenvalue weighted by molar-refractivity contribution is 5.62. The number of nitrogens with two attached hydrogens (primary N) is 1. The third kappa shape index (κ3) is 3.47. The molecule has 3 rings (SSSR count). The lowest BCUT2D eigenvalue weighted by Gasteiger charge is -2.10. The van der Waals surface area contributed by atoms with E-state index >= 15 is 0 Å². The Kier molecular flexibility index (Phi) is 4.62. The van der Waals surface area contributed by atoms with E-state index in [1.807, 2.05) is 30.3 Å². The van der Waals surface area contributed by atoms with Gasteiger partial charge in [-0.25, -0.2) is 4.39 Å². The maximum Gasteiger partial charge on any atom is 0.228 e. The Morgan fingerprint density at radius 3 is 2.54 bits per heavy atom. The maximum atomic E-state index is 14.2. The lowest BCUT2D eigenvalue weighted by molar-refractivity contribution is 0.282. The minimum atomic E-state index is -0.527. The topological polar surface area (TPSA) is 97.0 Å². The fraction of sp³-hybridized carbons (Fsp3) is 0.118. The predicted octanol–water partition coefficient (Wildman–Crippen LogP) is 2.36. The number of hydrogen-bond acceptors (Lipinski definition) is 6. The second-order valence-corrected chi connectivity index (χ2v) is 5.11. The number of nitrogen functional groups attached to an aromatic ring is 1. The summed E-state index contributed by atoms with van der Waals surface area (Å²) >= 11 is 0. The van der Waals surface area contributed by atoms with Gasteiger partial charge in [0.2, 0.25) is 11.9 Å². The smallest absolute Gasteiger partial charge is 0.228 e. The number of aliphatic hydroxyl groups excluding tert-OH is 1. The van der Waals surface area contributed by atoms with Gasteiger partial charge in [-0.1, -0.05) is 42.5 Å². The van der Waals surface area contributed by atoms with Crippen molar-refractivity contribution in [2.24, 2.45) is 0 Å². The van der Waals surface area contributed by atoms with Gasteiger partial charge in [0.25, 0.3) is 0 Å². The van der Waals surface area contributed by atoms with E-state index in [1.165, 1.54) is 12.1 Å². The molecule has 0 spiro atoms. The van der Waals surface area contributed by atoms with Crippen LogP contribution in [0, 0.1) is 5.82 Å². The largest absolute Gasteiger partial charge is 0.392 e. The molecule has 0 aliphatic rings. The summed E-state index contributed by atoms with van der Waals surface area (Å²) < 4.78 is 14.2. The molecule has 0 saturated heterocycles. The average Bonchev–Trinajstić information content (AvgIpc) is 2.60. The molecule has 0 unspecified atom stereocenters. The number of rotatable bonds is 5. The first kappa shape index (κ1) is 15.8. The van der Waals surface area contributed by atoms with Crippen LogP contribution >= 0.6 is 0 Å². The van der Waals surface area contributed by atoms with Crippen molar-refractivity contribution in [3.8, 4) is 11.4 Å².